The van der Waals surface area contributed by atoms with Crippen molar-refractivity contribution in [1.82, 2.24) is 14.3 Å². The Hall–Kier alpha value is -3.93. The number of fused-ring (bicyclic) bond motifs is 1. The minimum Gasteiger partial charge on any atom is -0.370 e. The molecular formula is C29H29N5O2S. The van der Waals surface area contributed by atoms with E-state index in [2.05, 4.69) is 20.9 Å². The Balaban J connectivity index is 1.54. The summed E-state index contributed by atoms with van der Waals surface area (Å²) >= 11 is 0. The fourth-order valence-electron chi connectivity index (χ4n) is 4.98. The Bertz CT molecular complexity index is 1470. The third-order valence-electron chi connectivity index (χ3n) is 6.77. The molecule has 188 valence electrons. The fourth-order valence-corrected chi connectivity index (χ4v) is 6.59. The maximum Gasteiger partial charge on any atom is 0.243 e. The standard InChI is InChI=1S/C29H29N5O2S/c30-20-24-13-14-28-25(18-24)21-34(37(35,36)27-10-5-2-6-11-27)26(19-23-8-3-1-4-9-23)22-33(28)17-7-12-29-31-15-16-32-29/h1-6,8-11,13-16,18,26H,7,12,17,19,21-22H2,(H,31,32)/t26-/m1/s1. The highest BCUT2D eigenvalue weighted by Crippen LogP contribution is 2.33. The summed E-state index contributed by atoms with van der Waals surface area (Å²) in [5.74, 6) is 0.934. The van der Waals surface area contributed by atoms with Crippen LogP contribution in [0.5, 0.6) is 0 Å². The molecule has 8 heteroatoms. The van der Waals surface area contributed by atoms with Crippen molar-refractivity contribution < 1.29 is 8.42 Å². The van der Waals surface area contributed by atoms with Crippen LogP contribution in [0.1, 0.15) is 28.9 Å². The SMILES string of the molecule is N#Cc1ccc2c(c1)CN(S(=O)(=O)c1ccccc1)[C@H](Cc1ccccc1)CN2CCCc1ncc[nH]1. The van der Waals surface area contributed by atoms with Gasteiger partial charge in [0.1, 0.15) is 5.82 Å². The van der Waals surface area contributed by atoms with Crippen LogP contribution < -0.4 is 4.90 Å². The zero-order valence-corrected chi connectivity index (χ0v) is 21.3. The molecular weight excluding hydrogens is 482 g/mol. The monoisotopic (exact) mass is 511 g/mol. The molecule has 0 spiro atoms. The number of benzene rings is 3. The molecule has 0 unspecified atom stereocenters. The van der Waals surface area contributed by atoms with E-state index in [9.17, 15) is 13.7 Å². The van der Waals surface area contributed by atoms with Crippen LogP contribution in [0.3, 0.4) is 0 Å². The van der Waals surface area contributed by atoms with E-state index in [0.717, 1.165) is 42.0 Å². The highest BCUT2D eigenvalue weighted by atomic mass is 32.2. The van der Waals surface area contributed by atoms with Crippen LogP contribution in [0, 0.1) is 11.3 Å². The van der Waals surface area contributed by atoms with Gasteiger partial charge >= 0.3 is 0 Å². The van der Waals surface area contributed by atoms with Crippen LogP contribution >= 0.6 is 0 Å². The third-order valence-corrected chi connectivity index (χ3v) is 8.69. The molecule has 1 N–H and O–H groups in total. The first-order chi connectivity index (χ1) is 18.0. The van der Waals surface area contributed by atoms with Crippen LogP contribution in [0.15, 0.2) is 96.2 Å². The lowest BCUT2D eigenvalue weighted by Gasteiger charge is -2.32. The first-order valence-corrected chi connectivity index (χ1v) is 13.9. The summed E-state index contributed by atoms with van der Waals surface area (Å²) in [4.78, 5) is 10.0. The van der Waals surface area contributed by atoms with E-state index < -0.39 is 10.0 Å². The summed E-state index contributed by atoms with van der Waals surface area (Å²) in [6.45, 7) is 1.48. The van der Waals surface area contributed by atoms with E-state index >= 15 is 0 Å². The summed E-state index contributed by atoms with van der Waals surface area (Å²) in [6.07, 6.45) is 5.81. The van der Waals surface area contributed by atoms with Crippen molar-refractivity contribution in [2.45, 2.75) is 36.7 Å². The van der Waals surface area contributed by atoms with Crippen molar-refractivity contribution in [2.75, 3.05) is 18.0 Å². The first-order valence-electron chi connectivity index (χ1n) is 12.4. The lowest BCUT2D eigenvalue weighted by Crippen LogP contribution is -2.46. The van der Waals surface area contributed by atoms with Gasteiger partial charge in [-0.1, -0.05) is 48.5 Å². The number of imidazole rings is 1. The average Bonchev–Trinajstić information content (AvgIpc) is 3.40. The molecule has 0 fully saturated rings. The summed E-state index contributed by atoms with van der Waals surface area (Å²) in [6, 6.07) is 26.1. The summed E-state index contributed by atoms with van der Waals surface area (Å²) in [5.41, 5.74) is 3.42. The van der Waals surface area contributed by atoms with Crippen molar-refractivity contribution in [3.63, 3.8) is 0 Å². The van der Waals surface area contributed by atoms with E-state index in [1.807, 2.05) is 60.8 Å². The second kappa shape index (κ2) is 11.0. The van der Waals surface area contributed by atoms with Crippen molar-refractivity contribution in [1.29, 1.82) is 5.26 Å². The van der Waals surface area contributed by atoms with E-state index in [1.165, 1.54) is 0 Å². The van der Waals surface area contributed by atoms with E-state index in [-0.39, 0.29) is 17.5 Å². The molecule has 37 heavy (non-hydrogen) atoms. The predicted molar refractivity (Wildman–Crippen MR) is 143 cm³/mol. The number of aryl methyl sites for hydroxylation is 1. The molecule has 0 bridgehead atoms. The zero-order valence-electron chi connectivity index (χ0n) is 20.5. The summed E-state index contributed by atoms with van der Waals surface area (Å²) in [7, 11) is -3.79. The molecule has 3 aromatic carbocycles. The zero-order chi connectivity index (χ0) is 25.7. The maximum absolute atomic E-state index is 14.0. The van der Waals surface area contributed by atoms with Crippen LogP contribution in [0.4, 0.5) is 5.69 Å². The average molecular weight is 512 g/mol. The Kier molecular flexibility index (Phi) is 7.35. The molecule has 1 aliphatic heterocycles. The number of anilines is 1. The molecule has 0 radical (unpaired) electrons. The Morgan fingerprint density at radius 1 is 1.03 bits per heavy atom. The van der Waals surface area contributed by atoms with Crippen LogP contribution in [-0.4, -0.2) is 41.8 Å². The number of nitrogens with one attached hydrogen (secondary N) is 1. The fraction of sp³-hybridized carbons (Fsp3) is 0.241. The number of H-pyrrole nitrogens is 1. The van der Waals surface area contributed by atoms with Gasteiger partial charge in [0.15, 0.2) is 0 Å². The molecule has 0 aliphatic carbocycles. The van der Waals surface area contributed by atoms with Crippen molar-refractivity contribution in [3.05, 3.63) is 114 Å². The molecule has 1 atom stereocenters. The highest BCUT2D eigenvalue weighted by molar-refractivity contribution is 7.89. The minimum absolute atomic E-state index is 0.203. The number of aromatic nitrogens is 2. The molecule has 4 aromatic rings. The largest absolute Gasteiger partial charge is 0.370 e. The second-order valence-corrected chi connectivity index (χ2v) is 11.1. The number of rotatable bonds is 8. The second-order valence-electron chi connectivity index (χ2n) is 9.25. The van der Waals surface area contributed by atoms with Crippen LogP contribution in [-0.2, 0) is 29.4 Å². The summed E-state index contributed by atoms with van der Waals surface area (Å²) < 4.78 is 29.6. The van der Waals surface area contributed by atoms with E-state index in [4.69, 9.17) is 0 Å². The smallest absolute Gasteiger partial charge is 0.243 e. The van der Waals surface area contributed by atoms with Gasteiger partial charge in [0.25, 0.3) is 0 Å². The van der Waals surface area contributed by atoms with Gasteiger partial charge < -0.3 is 9.88 Å². The van der Waals surface area contributed by atoms with Gasteiger partial charge in [-0.3, -0.25) is 0 Å². The Morgan fingerprint density at radius 2 is 1.78 bits per heavy atom. The van der Waals surface area contributed by atoms with Gasteiger partial charge in [0.2, 0.25) is 10.0 Å². The number of hydrogen-bond acceptors (Lipinski definition) is 5. The molecule has 7 nitrogen and oxygen atoms in total. The number of sulfonamides is 1. The van der Waals surface area contributed by atoms with Gasteiger partial charge in [-0.2, -0.15) is 9.57 Å². The first kappa shape index (κ1) is 24.8. The molecule has 1 aliphatic rings. The van der Waals surface area contributed by atoms with Crippen molar-refractivity contribution in [3.8, 4) is 6.07 Å². The molecule has 5 rings (SSSR count). The minimum atomic E-state index is -3.79. The third kappa shape index (κ3) is 5.58. The molecule has 1 aromatic heterocycles. The molecule has 0 amide bonds. The number of nitrogens with zero attached hydrogens (tertiary/aromatic N) is 4. The molecule has 0 saturated carbocycles. The lowest BCUT2D eigenvalue weighted by molar-refractivity contribution is 0.318. The van der Waals surface area contributed by atoms with Gasteiger partial charge in [-0.05, 0) is 54.3 Å². The lowest BCUT2D eigenvalue weighted by atomic mass is 10.1. The van der Waals surface area contributed by atoms with Gasteiger partial charge in [-0.25, -0.2) is 13.4 Å². The summed E-state index contributed by atoms with van der Waals surface area (Å²) in [5, 5.41) is 9.57. The van der Waals surface area contributed by atoms with Crippen molar-refractivity contribution in [2.24, 2.45) is 0 Å². The number of aromatic amines is 1. The van der Waals surface area contributed by atoms with E-state index in [0.29, 0.717) is 18.5 Å². The topological polar surface area (TPSA) is 93.1 Å². The van der Waals surface area contributed by atoms with Crippen LogP contribution in [0.2, 0.25) is 0 Å². The Labute approximate surface area is 218 Å². The van der Waals surface area contributed by atoms with Gasteiger partial charge in [0.05, 0.1) is 16.5 Å². The maximum atomic E-state index is 14.0. The Morgan fingerprint density at radius 3 is 2.49 bits per heavy atom. The number of nitriles is 1. The molecule has 0 saturated heterocycles. The van der Waals surface area contributed by atoms with Crippen LogP contribution in [0.25, 0.3) is 0 Å². The van der Waals surface area contributed by atoms with Gasteiger partial charge in [0, 0.05) is 50.2 Å². The number of hydrogen-bond donors (Lipinski definition) is 1. The highest BCUT2D eigenvalue weighted by Gasteiger charge is 2.36. The quantitative estimate of drug-likeness (QED) is 0.375. The van der Waals surface area contributed by atoms with E-state index in [1.54, 1.807) is 34.8 Å². The normalized spacial score (nSPS) is 16.1. The molecule has 2 heterocycles. The predicted octanol–water partition coefficient (Wildman–Crippen LogP) is 4.54. The van der Waals surface area contributed by atoms with Gasteiger partial charge in [-0.15, -0.1) is 0 Å². The van der Waals surface area contributed by atoms with Crippen molar-refractivity contribution >= 4 is 15.7 Å².